The maximum Gasteiger partial charge on any atom is 0.405 e. The van der Waals surface area contributed by atoms with Gasteiger partial charge in [-0.15, -0.1) is 0 Å². The van der Waals surface area contributed by atoms with Crippen LogP contribution in [0.4, 0.5) is 24.5 Å². The highest BCUT2D eigenvalue weighted by Crippen LogP contribution is 2.33. The Kier molecular flexibility index (Phi) is 13.1. The molecule has 10 rings (SSSR count). The molecule has 2 unspecified atom stereocenters. The van der Waals surface area contributed by atoms with E-state index < -0.39 is 18.6 Å². The number of alkyl halides is 3. The summed E-state index contributed by atoms with van der Waals surface area (Å²) in [6.07, 6.45) is 4.48. The van der Waals surface area contributed by atoms with Crippen LogP contribution in [0.5, 0.6) is 0 Å². The van der Waals surface area contributed by atoms with Crippen molar-refractivity contribution in [1.82, 2.24) is 45.4 Å². The van der Waals surface area contributed by atoms with Gasteiger partial charge in [-0.25, -0.2) is 15.0 Å². The van der Waals surface area contributed by atoms with Crippen molar-refractivity contribution in [1.29, 1.82) is 0 Å². The van der Waals surface area contributed by atoms with E-state index in [1.54, 1.807) is 30.5 Å². The van der Waals surface area contributed by atoms with Gasteiger partial charge in [0.25, 0.3) is 22.9 Å². The number of rotatable bonds is 11. The van der Waals surface area contributed by atoms with Crippen LogP contribution in [-0.4, -0.2) is 124 Å². The minimum absolute atomic E-state index is 0.0546. The van der Waals surface area contributed by atoms with Crippen LogP contribution in [0, 0.1) is 0 Å². The fourth-order valence-electron chi connectivity index (χ4n) is 10.6. The topological polar surface area (TPSA) is 176 Å². The number of amides is 2. The first-order valence-corrected chi connectivity index (χ1v) is 24.1. The second-order valence-corrected chi connectivity index (χ2v) is 19.2. The molecule has 19 heteroatoms. The first-order chi connectivity index (χ1) is 33.3. The first-order valence-electron chi connectivity index (χ1n) is 23.7. The van der Waals surface area contributed by atoms with Gasteiger partial charge < -0.3 is 30.4 Å². The van der Waals surface area contributed by atoms with Crippen LogP contribution in [0.2, 0.25) is 5.02 Å². The molecule has 4 saturated heterocycles. The van der Waals surface area contributed by atoms with Gasteiger partial charge >= 0.3 is 6.18 Å². The summed E-state index contributed by atoms with van der Waals surface area (Å²) < 4.78 is 37.5. The molecule has 2 atom stereocenters. The van der Waals surface area contributed by atoms with E-state index in [-0.39, 0.29) is 41.1 Å². The molecule has 15 nitrogen and oxygen atoms in total. The molecule has 2 amide bonds. The summed E-state index contributed by atoms with van der Waals surface area (Å²) in [7, 11) is 0. The summed E-state index contributed by atoms with van der Waals surface area (Å²) in [5, 5.41) is 7.38. The van der Waals surface area contributed by atoms with E-state index in [0.717, 1.165) is 119 Å². The number of aromatic nitrogens is 5. The summed E-state index contributed by atoms with van der Waals surface area (Å²) in [5.74, 6) is -0.175. The van der Waals surface area contributed by atoms with Gasteiger partial charge in [-0.1, -0.05) is 23.7 Å². The first kappa shape index (κ1) is 46.4. The molecule has 4 aliphatic rings. The molecule has 4 N–H and O–H groups in total. The van der Waals surface area contributed by atoms with Crippen molar-refractivity contribution in [2.75, 3.05) is 68.7 Å². The number of piperidine rings is 2. The minimum Gasteiger partial charge on any atom is -0.370 e. The van der Waals surface area contributed by atoms with Crippen molar-refractivity contribution < 1.29 is 22.8 Å². The molecule has 0 radical (unpaired) electrons. The fraction of sp³-hybridized carbons (Fsp3) is 0.420. The Labute approximate surface area is 400 Å². The highest BCUT2D eigenvalue weighted by atomic mass is 35.5. The van der Waals surface area contributed by atoms with Crippen LogP contribution in [0.15, 0.2) is 88.7 Å². The molecule has 69 heavy (non-hydrogen) atoms. The van der Waals surface area contributed by atoms with Crippen molar-refractivity contribution in [2.24, 2.45) is 0 Å². The average Bonchev–Trinajstić information content (AvgIpc) is 4.07. The predicted molar refractivity (Wildman–Crippen MR) is 258 cm³/mol. The fourth-order valence-corrected chi connectivity index (χ4v) is 10.8. The van der Waals surface area contributed by atoms with Crippen LogP contribution >= 0.6 is 11.6 Å². The van der Waals surface area contributed by atoms with Crippen LogP contribution in [0.3, 0.4) is 0 Å². The molecule has 8 heterocycles. The van der Waals surface area contributed by atoms with Crippen LogP contribution in [0.1, 0.15) is 88.4 Å². The van der Waals surface area contributed by atoms with Crippen molar-refractivity contribution in [3.05, 3.63) is 133 Å². The smallest absolute Gasteiger partial charge is 0.370 e. The zero-order chi connectivity index (χ0) is 47.8. The monoisotopic (exact) mass is 963 g/mol. The Balaban J connectivity index is 0.682. The Morgan fingerprint density at radius 3 is 1.87 bits per heavy atom. The number of H-pyrrole nitrogens is 2. The number of likely N-dealkylation sites (tertiary alicyclic amines) is 2. The van der Waals surface area contributed by atoms with Gasteiger partial charge in [0.15, 0.2) is 0 Å². The van der Waals surface area contributed by atoms with Crippen molar-refractivity contribution in [3.63, 3.8) is 0 Å². The second-order valence-electron chi connectivity index (χ2n) is 18.8. The van der Waals surface area contributed by atoms with Gasteiger partial charge in [0.2, 0.25) is 0 Å². The lowest BCUT2D eigenvalue weighted by molar-refractivity contribution is -0.123. The number of benzene rings is 2. The molecule has 4 aromatic heterocycles. The van der Waals surface area contributed by atoms with Crippen LogP contribution in [0.25, 0.3) is 21.7 Å². The Hall–Kier alpha value is -6.37. The molecule has 4 aliphatic heterocycles. The van der Waals surface area contributed by atoms with E-state index in [4.69, 9.17) is 16.6 Å². The Morgan fingerprint density at radius 1 is 0.667 bits per heavy atom. The minimum atomic E-state index is -4.49. The van der Waals surface area contributed by atoms with Crippen molar-refractivity contribution >= 4 is 56.5 Å². The maximum absolute atomic E-state index is 13.3. The van der Waals surface area contributed by atoms with Gasteiger partial charge in [-0.05, 0) is 117 Å². The standard InChI is InChI=1S/C50H53ClF3N11O4/c51-34-3-2-31-22-43(60-47(67)40(31)23-34)32-9-15-64(27-32)35-11-17-62(18-12-35)37-4-7-41(55-25-37)48(68)57-24-30-1-6-39-44(21-30)59-45(61-46(39)66)33-10-16-65(28-33)36-13-19-63(20-14-36)38-5-8-42(56-26-38)49(69)58-29-50(52,53)54/h1-8,21-23,25-26,32-33,35-36H,9-20,24,27-29H2,(H,57,68)(H,58,69)(H,60,67)(H,59,61,66). The van der Waals surface area contributed by atoms with Gasteiger partial charge in [0, 0.05) is 85.8 Å². The number of pyridine rings is 3. The third kappa shape index (κ3) is 10.5. The molecular weight excluding hydrogens is 911 g/mol. The summed E-state index contributed by atoms with van der Waals surface area (Å²) in [5.41, 5.74) is 4.13. The van der Waals surface area contributed by atoms with Crippen molar-refractivity contribution in [2.45, 2.75) is 75.2 Å². The van der Waals surface area contributed by atoms with Gasteiger partial charge in [-0.3, -0.25) is 29.0 Å². The SMILES string of the molecule is O=C(NCc1ccc2c(=O)[nH]c(C3CCN(C4CCN(c5ccc(C(=O)NCC(F)(F)F)nc5)CC4)C3)nc2c1)c1ccc(N2CCC(N3CCC(c4cc5ccc(Cl)cc5c(=O)[nH]4)C3)CC2)cn1. The lowest BCUT2D eigenvalue weighted by Gasteiger charge is -2.37. The number of nitrogens with one attached hydrogen (secondary N) is 4. The van der Waals surface area contributed by atoms with E-state index in [0.29, 0.717) is 44.9 Å². The lowest BCUT2D eigenvalue weighted by Crippen LogP contribution is -2.44. The number of halogens is 4. The van der Waals surface area contributed by atoms with E-state index in [1.165, 1.54) is 12.3 Å². The maximum atomic E-state index is 13.3. The van der Waals surface area contributed by atoms with E-state index in [2.05, 4.69) is 50.9 Å². The molecule has 360 valence electrons. The summed E-state index contributed by atoms with van der Waals surface area (Å²) in [4.78, 5) is 80.6. The highest BCUT2D eigenvalue weighted by Gasteiger charge is 2.35. The van der Waals surface area contributed by atoms with Crippen molar-refractivity contribution in [3.8, 4) is 0 Å². The van der Waals surface area contributed by atoms with Gasteiger partial charge in [0.1, 0.15) is 23.8 Å². The van der Waals surface area contributed by atoms with Gasteiger partial charge in [-0.2, -0.15) is 13.2 Å². The predicted octanol–water partition coefficient (Wildman–Crippen LogP) is 6.35. The number of fused-ring (bicyclic) bond motifs is 2. The normalized spacial score (nSPS) is 20.0. The van der Waals surface area contributed by atoms with E-state index in [1.807, 2.05) is 35.6 Å². The molecule has 0 spiro atoms. The van der Waals surface area contributed by atoms with E-state index in [9.17, 15) is 32.3 Å². The summed E-state index contributed by atoms with van der Waals surface area (Å²) in [6.45, 7) is 5.67. The number of nitrogens with zero attached hydrogens (tertiary/aromatic N) is 7. The van der Waals surface area contributed by atoms with E-state index >= 15 is 0 Å². The zero-order valence-electron chi connectivity index (χ0n) is 37.9. The average molecular weight is 964 g/mol. The Bertz CT molecular complexity index is 2970. The molecule has 0 bridgehead atoms. The quantitative estimate of drug-likeness (QED) is 0.114. The number of aromatic amines is 2. The molecule has 2 aromatic carbocycles. The van der Waals surface area contributed by atoms with Crippen LogP contribution in [-0.2, 0) is 6.54 Å². The summed E-state index contributed by atoms with van der Waals surface area (Å²) in [6, 6.07) is 20.7. The number of carbonyl (C=O) groups is 2. The number of carbonyl (C=O) groups excluding carboxylic acids is 2. The summed E-state index contributed by atoms with van der Waals surface area (Å²) >= 11 is 6.13. The van der Waals surface area contributed by atoms with Gasteiger partial charge in [0.05, 0.1) is 34.7 Å². The number of hydrogen-bond donors (Lipinski definition) is 4. The van der Waals surface area contributed by atoms with Crippen LogP contribution < -0.4 is 31.6 Å². The number of hydrogen-bond acceptors (Lipinski definition) is 11. The second kappa shape index (κ2) is 19.6. The Morgan fingerprint density at radius 2 is 1.26 bits per heavy atom. The number of anilines is 2. The largest absolute Gasteiger partial charge is 0.405 e. The lowest BCUT2D eigenvalue weighted by atomic mass is 10.0. The molecule has 6 aromatic rings. The highest BCUT2D eigenvalue weighted by molar-refractivity contribution is 6.31. The third-order valence-corrected chi connectivity index (χ3v) is 14.7. The molecular formula is C50H53ClF3N11O4. The molecule has 0 saturated carbocycles. The molecule has 4 fully saturated rings. The third-order valence-electron chi connectivity index (χ3n) is 14.4. The zero-order valence-corrected chi connectivity index (χ0v) is 38.7. The molecule has 0 aliphatic carbocycles.